The van der Waals surface area contributed by atoms with Crippen LogP contribution in [0.5, 0.6) is 5.75 Å². The Bertz CT molecular complexity index is 477. The molecule has 0 radical (unpaired) electrons. The van der Waals surface area contributed by atoms with Crippen LogP contribution in [0.1, 0.15) is 18.9 Å². The fourth-order valence-electron chi connectivity index (χ4n) is 2.17. The number of anilines is 1. The molecule has 5 heteroatoms. The Morgan fingerprint density at radius 2 is 2.17 bits per heavy atom. The average Bonchev–Trinajstić information content (AvgIpc) is 2.62. The van der Waals surface area contributed by atoms with E-state index in [1.54, 1.807) is 25.1 Å². The maximum Gasteiger partial charge on any atom is 0.237 e. The first-order valence-corrected chi connectivity index (χ1v) is 5.83. The van der Waals surface area contributed by atoms with Crippen LogP contribution in [0.2, 0.25) is 0 Å². The number of benzene rings is 1. The van der Waals surface area contributed by atoms with Crippen LogP contribution in [0.3, 0.4) is 0 Å². The van der Waals surface area contributed by atoms with Crippen LogP contribution in [0.25, 0.3) is 0 Å². The summed E-state index contributed by atoms with van der Waals surface area (Å²) in [5.41, 5.74) is 6.88. The fraction of sp³-hybridized carbons (Fsp3) is 0.385. The van der Waals surface area contributed by atoms with Crippen molar-refractivity contribution in [2.75, 3.05) is 12.0 Å². The van der Waals surface area contributed by atoms with Gasteiger partial charge in [-0.25, -0.2) is 4.90 Å². The van der Waals surface area contributed by atoms with Gasteiger partial charge in [0.05, 0.1) is 12.8 Å². The molecule has 18 heavy (non-hydrogen) atoms. The van der Waals surface area contributed by atoms with Gasteiger partial charge < -0.3 is 10.5 Å². The van der Waals surface area contributed by atoms with Crippen LogP contribution in [0, 0.1) is 5.92 Å². The Labute approximate surface area is 106 Å². The topological polar surface area (TPSA) is 72.6 Å². The van der Waals surface area contributed by atoms with E-state index >= 15 is 0 Å². The Kier molecular flexibility index (Phi) is 3.34. The van der Waals surface area contributed by atoms with Crippen molar-refractivity contribution in [1.29, 1.82) is 0 Å². The summed E-state index contributed by atoms with van der Waals surface area (Å²) in [5, 5.41) is 0. The molecule has 1 aromatic carbocycles. The molecule has 0 aromatic heterocycles. The van der Waals surface area contributed by atoms with Gasteiger partial charge >= 0.3 is 0 Å². The molecule has 2 N–H and O–H groups in total. The number of nitrogens with two attached hydrogens (primary N) is 1. The second kappa shape index (κ2) is 4.78. The highest BCUT2D eigenvalue weighted by Crippen LogP contribution is 2.36. The Hall–Kier alpha value is -1.88. The van der Waals surface area contributed by atoms with Gasteiger partial charge in [0.1, 0.15) is 5.75 Å². The number of imide groups is 1. The summed E-state index contributed by atoms with van der Waals surface area (Å²) >= 11 is 0. The van der Waals surface area contributed by atoms with E-state index in [1.165, 1.54) is 12.0 Å². The minimum absolute atomic E-state index is 0.195. The molecule has 0 saturated carbocycles. The van der Waals surface area contributed by atoms with Crippen LogP contribution in [0.15, 0.2) is 18.2 Å². The molecule has 0 bridgehead atoms. The lowest BCUT2D eigenvalue weighted by molar-refractivity contribution is -0.122. The molecule has 0 aliphatic carbocycles. The maximum absolute atomic E-state index is 12.1. The number of carbonyl (C=O) groups is 2. The van der Waals surface area contributed by atoms with E-state index in [0.717, 1.165) is 5.56 Å². The smallest absolute Gasteiger partial charge is 0.237 e. The molecule has 1 unspecified atom stereocenters. The molecular formula is C13H16N2O3. The molecule has 1 saturated heterocycles. The number of carbonyl (C=O) groups excluding carboxylic acids is 2. The monoisotopic (exact) mass is 248 g/mol. The first-order chi connectivity index (χ1) is 8.60. The Balaban J connectivity index is 2.56. The molecule has 1 aromatic rings. The first kappa shape index (κ1) is 12.6. The van der Waals surface area contributed by atoms with Crippen LogP contribution >= 0.6 is 0 Å². The second-order valence-electron chi connectivity index (χ2n) is 4.34. The zero-order valence-corrected chi connectivity index (χ0v) is 10.5. The standard InChI is InChI=1S/C13H16N2O3/c1-8-6-11(16)15(13(8)17)12-9(7-14)4-3-5-10(12)18-2/h3-5,8H,6-7,14H2,1-2H3. The molecule has 2 rings (SSSR count). The molecule has 2 amide bonds. The molecule has 1 atom stereocenters. The number of nitrogens with zero attached hydrogens (tertiary/aromatic N) is 1. The van der Waals surface area contributed by atoms with Crippen molar-refractivity contribution in [2.24, 2.45) is 11.7 Å². The van der Waals surface area contributed by atoms with Gasteiger partial charge in [-0.2, -0.15) is 0 Å². The Morgan fingerprint density at radius 3 is 2.67 bits per heavy atom. The number of methoxy groups -OCH3 is 1. The molecule has 1 aliphatic heterocycles. The molecule has 96 valence electrons. The van der Waals surface area contributed by atoms with Crippen LogP contribution in [-0.2, 0) is 16.1 Å². The highest BCUT2D eigenvalue weighted by Gasteiger charge is 2.38. The van der Waals surface area contributed by atoms with Gasteiger partial charge in [0.15, 0.2) is 0 Å². The van der Waals surface area contributed by atoms with Gasteiger partial charge in [-0.3, -0.25) is 9.59 Å². The molecule has 1 heterocycles. The normalized spacial score (nSPS) is 19.5. The van der Waals surface area contributed by atoms with Gasteiger partial charge in [0.2, 0.25) is 11.8 Å². The van der Waals surface area contributed by atoms with Gasteiger partial charge in [-0.1, -0.05) is 19.1 Å². The van der Waals surface area contributed by atoms with Gasteiger partial charge in [0, 0.05) is 18.9 Å². The van der Waals surface area contributed by atoms with E-state index in [0.29, 0.717) is 11.4 Å². The summed E-state index contributed by atoms with van der Waals surface area (Å²) in [4.78, 5) is 25.2. The number of rotatable bonds is 3. The van der Waals surface area contributed by atoms with E-state index in [4.69, 9.17) is 10.5 Å². The average molecular weight is 248 g/mol. The third-order valence-electron chi connectivity index (χ3n) is 3.12. The van der Waals surface area contributed by atoms with E-state index in [1.807, 2.05) is 0 Å². The lowest BCUT2D eigenvalue weighted by atomic mass is 10.1. The van der Waals surface area contributed by atoms with E-state index < -0.39 is 0 Å². The summed E-state index contributed by atoms with van der Waals surface area (Å²) in [6.45, 7) is 2.00. The van der Waals surface area contributed by atoms with E-state index in [-0.39, 0.29) is 30.7 Å². The third-order valence-corrected chi connectivity index (χ3v) is 3.12. The molecular weight excluding hydrogens is 232 g/mol. The number of hydrogen-bond donors (Lipinski definition) is 1. The summed E-state index contributed by atoms with van der Waals surface area (Å²) in [6.07, 6.45) is 0.237. The summed E-state index contributed by atoms with van der Waals surface area (Å²) in [5.74, 6) is -0.187. The second-order valence-corrected chi connectivity index (χ2v) is 4.34. The third kappa shape index (κ3) is 1.86. The molecule has 1 fully saturated rings. The van der Waals surface area contributed by atoms with Crippen LogP contribution in [-0.4, -0.2) is 18.9 Å². The van der Waals surface area contributed by atoms with Crippen molar-refractivity contribution in [3.63, 3.8) is 0 Å². The highest BCUT2D eigenvalue weighted by atomic mass is 16.5. The number of ether oxygens (including phenoxy) is 1. The maximum atomic E-state index is 12.1. The summed E-state index contributed by atoms with van der Waals surface area (Å²) < 4.78 is 5.23. The van der Waals surface area contributed by atoms with Crippen molar-refractivity contribution in [3.05, 3.63) is 23.8 Å². The largest absolute Gasteiger partial charge is 0.495 e. The summed E-state index contributed by atoms with van der Waals surface area (Å²) in [6, 6.07) is 5.30. The highest BCUT2D eigenvalue weighted by molar-refractivity contribution is 6.21. The van der Waals surface area contributed by atoms with Crippen molar-refractivity contribution in [1.82, 2.24) is 0 Å². The molecule has 0 spiro atoms. The van der Waals surface area contributed by atoms with Crippen LogP contribution in [0.4, 0.5) is 5.69 Å². The van der Waals surface area contributed by atoms with Gasteiger partial charge in [-0.05, 0) is 11.6 Å². The Morgan fingerprint density at radius 1 is 1.44 bits per heavy atom. The zero-order chi connectivity index (χ0) is 13.3. The summed E-state index contributed by atoms with van der Waals surface area (Å²) in [7, 11) is 1.51. The predicted octanol–water partition coefficient (Wildman–Crippen LogP) is 1.05. The quantitative estimate of drug-likeness (QED) is 0.812. The lowest BCUT2D eigenvalue weighted by Gasteiger charge is -2.20. The molecule has 5 nitrogen and oxygen atoms in total. The van der Waals surface area contributed by atoms with Gasteiger partial charge in [-0.15, -0.1) is 0 Å². The SMILES string of the molecule is COc1cccc(CN)c1N1C(=O)CC(C)C1=O. The minimum Gasteiger partial charge on any atom is -0.495 e. The minimum atomic E-state index is -0.284. The van der Waals surface area contributed by atoms with Gasteiger partial charge in [0.25, 0.3) is 0 Å². The van der Waals surface area contributed by atoms with Crippen molar-refractivity contribution >= 4 is 17.5 Å². The predicted molar refractivity (Wildman–Crippen MR) is 67.2 cm³/mol. The van der Waals surface area contributed by atoms with Crippen LogP contribution < -0.4 is 15.4 Å². The van der Waals surface area contributed by atoms with E-state index in [9.17, 15) is 9.59 Å². The number of amides is 2. The molecule has 1 aliphatic rings. The first-order valence-electron chi connectivity index (χ1n) is 5.83. The lowest BCUT2D eigenvalue weighted by Crippen LogP contribution is -2.31. The number of hydrogen-bond acceptors (Lipinski definition) is 4. The zero-order valence-electron chi connectivity index (χ0n) is 10.5. The van der Waals surface area contributed by atoms with E-state index in [2.05, 4.69) is 0 Å². The van der Waals surface area contributed by atoms with Crippen molar-refractivity contribution in [2.45, 2.75) is 19.9 Å². The fourth-order valence-corrected chi connectivity index (χ4v) is 2.17. The number of para-hydroxylation sites is 1. The van der Waals surface area contributed by atoms with Crippen molar-refractivity contribution in [3.8, 4) is 5.75 Å². The van der Waals surface area contributed by atoms with Crippen molar-refractivity contribution < 1.29 is 14.3 Å².